The predicted molar refractivity (Wildman–Crippen MR) is 77.1 cm³/mol. The molecule has 0 saturated heterocycles. The molecule has 2 aliphatic carbocycles. The average Bonchev–Trinajstić information content (AvgIpc) is 3.18. The van der Waals surface area contributed by atoms with Crippen LogP contribution < -0.4 is 5.73 Å². The SMILES string of the molecule is NC1(CC(=O)N(Cc2cccc(O)c2)C2CC2)CCC1. The quantitative estimate of drug-likeness (QED) is 0.864. The van der Waals surface area contributed by atoms with Gasteiger partial charge in [-0.1, -0.05) is 12.1 Å². The summed E-state index contributed by atoms with van der Waals surface area (Å²) in [5.41, 5.74) is 6.91. The first kappa shape index (κ1) is 13.4. The summed E-state index contributed by atoms with van der Waals surface area (Å²) >= 11 is 0. The summed E-state index contributed by atoms with van der Waals surface area (Å²) in [7, 11) is 0. The van der Waals surface area contributed by atoms with E-state index in [4.69, 9.17) is 5.73 Å². The van der Waals surface area contributed by atoms with E-state index in [-0.39, 0.29) is 17.2 Å². The van der Waals surface area contributed by atoms with Crippen molar-refractivity contribution >= 4 is 5.91 Å². The number of aromatic hydroxyl groups is 1. The Hall–Kier alpha value is -1.55. The molecule has 0 atom stereocenters. The molecular formula is C16H22N2O2. The lowest BCUT2D eigenvalue weighted by Gasteiger charge is -2.39. The van der Waals surface area contributed by atoms with Crippen LogP contribution >= 0.6 is 0 Å². The molecule has 3 rings (SSSR count). The van der Waals surface area contributed by atoms with Gasteiger partial charge < -0.3 is 15.7 Å². The van der Waals surface area contributed by atoms with E-state index in [0.717, 1.165) is 37.7 Å². The number of nitrogens with two attached hydrogens (primary N) is 1. The van der Waals surface area contributed by atoms with Crippen molar-refractivity contribution in [2.75, 3.05) is 0 Å². The monoisotopic (exact) mass is 274 g/mol. The van der Waals surface area contributed by atoms with Crippen LogP contribution in [0.2, 0.25) is 0 Å². The van der Waals surface area contributed by atoms with E-state index >= 15 is 0 Å². The van der Waals surface area contributed by atoms with Gasteiger partial charge in [-0.15, -0.1) is 0 Å². The van der Waals surface area contributed by atoms with E-state index in [9.17, 15) is 9.90 Å². The molecule has 4 nitrogen and oxygen atoms in total. The second-order valence-electron chi connectivity index (χ2n) is 6.32. The van der Waals surface area contributed by atoms with Gasteiger partial charge in [0.2, 0.25) is 5.91 Å². The summed E-state index contributed by atoms with van der Waals surface area (Å²) in [4.78, 5) is 14.5. The van der Waals surface area contributed by atoms with Gasteiger partial charge in [0, 0.05) is 24.5 Å². The summed E-state index contributed by atoms with van der Waals surface area (Å²) in [6, 6.07) is 7.51. The maximum atomic E-state index is 12.5. The maximum absolute atomic E-state index is 12.5. The van der Waals surface area contributed by atoms with Crippen LogP contribution in [-0.4, -0.2) is 27.5 Å². The molecular weight excluding hydrogens is 252 g/mol. The summed E-state index contributed by atoms with van der Waals surface area (Å²) in [6.45, 7) is 0.577. The average molecular weight is 274 g/mol. The van der Waals surface area contributed by atoms with E-state index in [1.807, 2.05) is 17.0 Å². The fourth-order valence-electron chi connectivity index (χ4n) is 2.87. The van der Waals surface area contributed by atoms with Crippen molar-refractivity contribution in [1.29, 1.82) is 0 Å². The molecule has 0 aliphatic heterocycles. The third-order valence-electron chi connectivity index (χ3n) is 4.42. The second-order valence-corrected chi connectivity index (χ2v) is 6.32. The third-order valence-corrected chi connectivity index (χ3v) is 4.42. The number of rotatable bonds is 5. The topological polar surface area (TPSA) is 66.6 Å². The molecule has 108 valence electrons. The zero-order chi connectivity index (χ0) is 14.2. The normalized spacial score (nSPS) is 20.2. The maximum Gasteiger partial charge on any atom is 0.224 e. The molecule has 2 aliphatic rings. The third kappa shape index (κ3) is 2.96. The van der Waals surface area contributed by atoms with Gasteiger partial charge in [-0.25, -0.2) is 0 Å². The minimum absolute atomic E-state index is 0.165. The van der Waals surface area contributed by atoms with Crippen LogP contribution in [0, 0.1) is 0 Å². The Labute approximate surface area is 119 Å². The number of phenols is 1. The van der Waals surface area contributed by atoms with Gasteiger partial charge in [0.05, 0.1) is 0 Å². The lowest BCUT2D eigenvalue weighted by atomic mass is 9.75. The highest BCUT2D eigenvalue weighted by Crippen LogP contribution is 2.35. The second kappa shape index (κ2) is 5.09. The molecule has 2 fully saturated rings. The highest BCUT2D eigenvalue weighted by Gasteiger charge is 2.39. The molecule has 0 spiro atoms. The minimum Gasteiger partial charge on any atom is -0.508 e. The fraction of sp³-hybridized carbons (Fsp3) is 0.562. The van der Waals surface area contributed by atoms with Gasteiger partial charge in [-0.3, -0.25) is 4.79 Å². The summed E-state index contributed by atoms with van der Waals surface area (Å²) < 4.78 is 0. The first-order valence-electron chi connectivity index (χ1n) is 7.42. The molecule has 2 saturated carbocycles. The Morgan fingerprint density at radius 2 is 2.15 bits per heavy atom. The number of amides is 1. The number of hydrogen-bond acceptors (Lipinski definition) is 3. The molecule has 1 aromatic carbocycles. The Balaban J connectivity index is 1.67. The van der Waals surface area contributed by atoms with Crippen molar-refractivity contribution in [1.82, 2.24) is 4.90 Å². The van der Waals surface area contributed by atoms with Crippen molar-refractivity contribution in [2.24, 2.45) is 5.73 Å². The standard InChI is InChI=1S/C16H22N2O2/c17-16(7-2-8-16)10-15(20)18(13-5-6-13)11-12-3-1-4-14(19)9-12/h1,3-4,9,13,19H,2,5-8,10-11,17H2. The van der Waals surface area contributed by atoms with Crippen molar-refractivity contribution < 1.29 is 9.90 Å². The van der Waals surface area contributed by atoms with Gasteiger partial charge in [-0.05, 0) is 49.8 Å². The van der Waals surface area contributed by atoms with E-state index in [0.29, 0.717) is 19.0 Å². The number of nitrogens with zero attached hydrogens (tertiary/aromatic N) is 1. The Bertz CT molecular complexity index is 507. The van der Waals surface area contributed by atoms with Crippen LogP contribution in [0.15, 0.2) is 24.3 Å². The van der Waals surface area contributed by atoms with E-state index in [1.165, 1.54) is 0 Å². The van der Waals surface area contributed by atoms with Gasteiger partial charge in [0.25, 0.3) is 0 Å². The van der Waals surface area contributed by atoms with Crippen LogP contribution in [0.25, 0.3) is 0 Å². The lowest BCUT2D eigenvalue weighted by Crippen LogP contribution is -2.50. The molecule has 1 amide bonds. The molecule has 0 unspecified atom stereocenters. The first-order valence-corrected chi connectivity index (χ1v) is 7.42. The first-order chi connectivity index (χ1) is 9.56. The minimum atomic E-state index is -0.261. The zero-order valence-electron chi connectivity index (χ0n) is 11.7. The van der Waals surface area contributed by atoms with Crippen LogP contribution in [-0.2, 0) is 11.3 Å². The molecule has 0 heterocycles. The zero-order valence-corrected chi connectivity index (χ0v) is 11.7. The molecule has 3 N–H and O–H groups in total. The number of carbonyl (C=O) groups excluding carboxylic acids is 1. The molecule has 0 aromatic heterocycles. The number of benzene rings is 1. The highest BCUT2D eigenvalue weighted by atomic mass is 16.3. The van der Waals surface area contributed by atoms with Gasteiger partial charge in [-0.2, -0.15) is 0 Å². The van der Waals surface area contributed by atoms with Crippen molar-refractivity contribution in [2.45, 2.75) is 56.7 Å². The highest BCUT2D eigenvalue weighted by molar-refractivity contribution is 5.78. The molecule has 0 radical (unpaired) electrons. The van der Waals surface area contributed by atoms with Crippen LogP contribution in [0.5, 0.6) is 5.75 Å². The van der Waals surface area contributed by atoms with Crippen molar-refractivity contribution in [3.05, 3.63) is 29.8 Å². The van der Waals surface area contributed by atoms with Crippen LogP contribution in [0.3, 0.4) is 0 Å². The number of phenolic OH excluding ortho intramolecular Hbond substituents is 1. The van der Waals surface area contributed by atoms with Crippen LogP contribution in [0.4, 0.5) is 0 Å². The molecule has 20 heavy (non-hydrogen) atoms. The molecule has 4 heteroatoms. The van der Waals surface area contributed by atoms with Crippen LogP contribution in [0.1, 0.15) is 44.1 Å². The summed E-state index contributed by atoms with van der Waals surface area (Å²) in [5.74, 6) is 0.415. The summed E-state index contributed by atoms with van der Waals surface area (Å²) in [5, 5.41) is 9.53. The smallest absolute Gasteiger partial charge is 0.224 e. The number of hydrogen-bond donors (Lipinski definition) is 2. The van der Waals surface area contributed by atoms with E-state index in [1.54, 1.807) is 12.1 Å². The number of carbonyl (C=O) groups is 1. The largest absolute Gasteiger partial charge is 0.508 e. The Morgan fingerprint density at radius 1 is 1.40 bits per heavy atom. The van der Waals surface area contributed by atoms with E-state index in [2.05, 4.69) is 0 Å². The van der Waals surface area contributed by atoms with Gasteiger partial charge >= 0.3 is 0 Å². The Kier molecular flexibility index (Phi) is 3.42. The van der Waals surface area contributed by atoms with Gasteiger partial charge in [0.15, 0.2) is 0 Å². The van der Waals surface area contributed by atoms with Crippen molar-refractivity contribution in [3.63, 3.8) is 0 Å². The Morgan fingerprint density at radius 3 is 2.70 bits per heavy atom. The fourth-order valence-corrected chi connectivity index (χ4v) is 2.87. The molecule has 0 bridgehead atoms. The van der Waals surface area contributed by atoms with E-state index < -0.39 is 0 Å². The summed E-state index contributed by atoms with van der Waals surface area (Å²) in [6.07, 6.45) is 5.69. The predicted octanol–water partition coefficient (Wildman–Crippen LogP) is 2.15. The van der Waals surface area contributed by atoms with Crippen molar-refractivity contribution in [3.8, 4) is 5.75 Å². The lowest BCUT2D eigenvalue weighted by molar-refractivity contribution is -0.134. The molecule has 1 aromatic rings. The van der Waals surface area contributed by atoms with Gasteiger partial charge in [0.1, 0.15) is 5.75 Å².